The Morgan fingerprint density at radius 1 is 1.35 bits per heavy atom. The summed E-state index contributed by atoms with van der Waals surface area (Å²) in [7, 11) is 0. The summed E-state index contributed by atoms with van der Waals surface area (Å²) in [6.07, 6.45) is 0.679. The molecule has 112 valence electrons. The van der Waals surface area contributed by atoms with Gasteiger partial charge in [-0.05, 0) is 18.9 Å². The van der Waals surface area contributed by atoms with Crippen molar-refractivity contribution in [3.8, 4) is 0 Å². The molecule has 0 aliphatic heterocycles. The third kappa shape index (κ3) is 3.62. The highest BCUT2D eigenvalue weighted by Crippen LogP contribution is 2.22. The number of carbonyl (C=O) groups is 2. The monoisotopic (exact) mass is 281 g/mol. The first kappa shape index (κ1) is 16.3. The standard InChI is InChI=1S/C15H23NO4/c1-6-9(4)13(15(18)19)16-14(17)11-7-12(8(2)3)20-10(11)5/h7-9,13H,6H2,1-5H3,(H,16,17)(H,18,19)/t9-,13-/m0/s1. The Hall–Kier alpha value is -1.78. The normalized spacial score (nSPS) is 14.1. The largest absolute Gasteiger partial charge is 0.480 e. The zero-order chi connectivity index (χ0) is 15.4. The van der Waals surface area contributed by atoms with Crippen molar-refractivity contribution in [3.05, 3.63) is 23.2 Å². The maximum atomic E-state index is 12.2. The van der Waals surface area contributed by atoms with Crippen LogP contribution in [0.2, 0.25) is 0 Å². The molecular weight excluding hydrogens is 258 g/mol. The molecule has 5 nitrogen and oxygen atoms in total. The molecule has 2 atom stereocenters. The van der Waals surface area contributed by atoms with Crippen LogP contribution in [0.5, 0.6) is 0 Å². The summed E-state index contributed by atoms with van der Waals surface area (Å²) in [6, 6.07) is 0.800. The van der Waals surface area contributed by atoms with Gasteiger partial charge in [-0.3, -0.25) is 4.79 Å². The van der Waals surface area contributed by atoms with Crippen molar-refractivity contribution in [2.45, 2.75) is 53.0 Å². The lowest BCUT2D eigenvalue weighted by atomic mass is 9.99. The van der Waals surface area contributed by atoms with Crippen LogP contribution in [0.15, 0.2) is 10.5 Å². The number of nitrogens with one attached hydrogen (secondary N) is 1. The van der Waals surface area contributed by atoms with Gasteiger partial charge in [-0.2, -0.15) is 0 Å². The van der Waals surface area contributed by atoms with Gasteiger partial charge >= 0.3 is 5.97 Å². The van der Waals surface area contributed by atoms with Crippen molar-refractivity contribution < 1.29 is 19.1 Å². The second-order valence-electron chi connectivity index (χ2n) is 5.45. The molecule has 0 aromatic carbocycles. The van der Waals surface area contributed by atoms with Gasteiger partial charge in [-0.1, -0.05) is 34.1 Å². The van der Waals surface area contributed by atoms with E-state index in [2.05, 4.69) is 5.32 Å². The summed E-state index contributed by atoms with van der Waals surface area (Å²) < 4.78 is 5.52. The molecule has 0 saturated heterocycles. The highest BCUT2D eigenvalue weighted by molar-refractivity contribution is 5.97. The number of furan rings is 1. The molecule has 1 amide bonds. The molecule has 1 rings (SSSR count). The van der Waals surface area contributed by atoms with Crippen LogP contribution in [0.4, 0.5) is 0 Å². The van der Waals surface area contributed by atoms with E-state index >= 15 is 0 Å². The van der Waals surface area contributed by atoms with Gasteiger partial charge in [0, 0.05) is 5.92 Å². The number of hydrogen-bond donors (Lipinski definition) is 2. The van der Waals surface area contributed by atoms with Crippen LogP contribution in [0.1, 0.15) is 61.9 Å². The van der Waals surface area contributed by atoms with Gasteiger partial charge in [-0.15, -0.1) is 0 Å². The van der Waals surface area contributed by atoms with Gasteiger partial charge in [0.05, 0.1) is 5.56 Å². The van der Waals surface area contributed by atoms with Crippen molar-refractivity contribution in [2.75, 3.05) is 0 Å². The Morgan fingerprint density at radius 3 is 2.35 bits per heavy atom. The zero-order valence-electron chi connectivity index (χ0n) is 12.7. The average Bonchev–Trinajstić information content (AvgIpc) is 2.76. The van der Waals surface area contributed by atoms with Gasteiger partial charge in [0.25, 0.3) is 5.91 Å². The lowest BCUT2D eigenvalue weighted by Crippen LogP contribution is -2.45. The van der Waals surface area contributed by atoms with E-state index in [4.69, 9.17) is 4.42 Å². The minimum Gasteiger partial charge on any atom is -0.480 e. The summed E-state index contributed by atoms with van der Waals surface area (Å²) in [5.74, 6) is -0.125. The van der Waals surface area contributed by atoms with Gasteiger partial charge in [-0.25, -0.2) is 4.79 Å². The van der Waals surface area contributed by atoms with Crippen molar-refractivity contribution in [3.63, 3.8) is 0 Å². The molecule has 0 spiro atoms. The molecule has 1 heterocycles. The fourth-order valence-corrected chi connectivity index (χ4v) is 1.92. The molecular formula is C15H23NO4. The Bertz CT molecular complexity index is 490. The Balaban J connectivity index is 2.92. The van der Waals surface area contributed by atoms with Crippen LogP contribution >= 0.6 is 0 Å². The highest BCUT2D eigenvalue weighted by atomic mass is 16.4. The molecule has 5 heteroatoms. The lowest BCUT2D eigenvalue weighted by molar-refractivity contribution is -0.140. The Morgan fingerprint density at radius 2 is 1.95 bits per heavy atom. The van der Waals surface area contributed by atoms with Gasteiger partial charge in [0.2, 0.25) is 0 Å². The van der Waals surface area contributed by atoms with Gasteiger partial charge < -0.3 is 14.8 Å². The summed E-state index contributed by atoms with van der Waals surface area (Å²) in [6.45, 7) is 9.35. The topological polar surface area (TPSA) is 79.5 Å². The minimum absolute atomic E-state index is 0.131. The van der Waals surface area contributed by atoms with Crippen LogP contribution in [0.3, 0.4) is 0 Å². The fourth-order valence-electron chi connectivity index (χ4n) is 1.92. The number of amides is 1. The first-order valence-corrected chi connectivity index (χ1v) is 6.91. The highest BCUT2D eigenvalue weighted by Gasteiger charge is 2.27. The molecule has 1 aromatic rings. The fraction of sp³-hybridized carbons (Fsp3) is 0.600. The number of aliphatic carboxylic acids is 1. The molecule has 0 aliphatic rings. The van der Waals surface area contributed by atoms with Crippen LogP contribution < -0.4 is 5.32 Å². The average molecular weight is 281 g/mol. The third-order valence-electron chi connectivity index (χ3n) is 3.52. The van der Waals surface area contributed by atoms with Crippen LogP contribution in [-0.4, -0.2) is 23.0 Å². The first-order chi connectivity index (χ1) is 9.27. The predicted molar refractivity (Wildman–Crippen MR) is 75.9 cm³/mol. The van der Waals surface area contributed by atoms with Gasteiger partial charge in [0.15, 0.2) is 0 Å². The summed E-state index contributed by atoms with van der Waals surface area (Å²) in [4.78, 5) is 23.4. The molecule has 20 heavy (non-hydrogen) atoms. The molecule has 0 saturated carbocycles. The van der Waals surface area contributed by atoms with Crippen molar-refractivity contribution in [1.82, 2.24) is 5.32 Å². The first-order valence-electron chi connectivity index (χ1n) is 6.91. The van der Waals surface area contributed by atoms with E-state index in [9.17, 15) is 14.7 Å². The van der Waals surface area contributed by atoms with E-state index < -0.39 is 17.9 Å². The van der Waals surface area contributed by atoms with E-state index in [0.29, 0.717) is 17.7 Å². The molecule has 0 unspecified atom stereocenters. The smallest absolute Gasteiger partial charge is 0.326 e. The van der Waals surface area contributed by atoms with Crippen LogP contribution in [0.25, 0.3) is 0 Å². The maximum Gasteiger partial charge on any atom is 0.326 e. The molecule has 1 aromatic heterocycles. The second kappa shape index (κ2) is 6.59. The van der Waals surface area contributed by atoms with Crippen molar-refractivity contribution in [2.24, 2.45) is 5.92 Å². The molecule has 2 N–H and O–H groups in total. The van der Waals surface area contributed by atoms with Crippen LogP contribution in [0, 0.1) is 12.8 Å². The quantitative estimate of drug-likeness (QED) is 0.840. The maximum absolute atomic E-state index is 12.2. The van der Waals surface area contributed by atoms with Crippen LogP contribution in [-0.2, 0) is 4.79 Å². The van der Waals surface area contributed by atoms with E-state index in [1.807, 2.05) is 20.8 Å². The number of carboxylic acids is 1. The summed E-state index contributed by atoms with van der Waals surface area (Å²) in [5, 5.41) is 11.8. The zero-order valence-corrected chi connectivity index (χ0v) is 12.7. The Labute approximate surface area is 119 Å². The van der Waals surface area contributed by atoms with E-state index in [-0.39, 0.29) is 11.8 Å². The summed E-state index contributed by atoms with van der Waals surface area (Å²) in [5.41, 5.74) is 0.406. The number of rotatable bonds is 6. The lowest BCUT2D eigenvalue weighted by Gasteiger charge is -2.19. The Kier molecular flexibility index (Phi) is 5.36. The van der Waals surface area contributed by atoms with E-state index in [0.717, 1.165) is 5.76 Å². The second-order valence-corrected chi connectivity index (χ2v) is 5.45. The van der Waals surface area contributed by atoms with Gasteiger partial charge in [0.1, 0.15) is 17.6 Å². The molecule has 0 fully saturated rings. The van der Waals surface area contributed by atoms with Crippen molar-refractivity contribution in [1.29, 1.82) is 0 Å². The molecule has 0 radical (unpaired) electrons. The molecule has 0 bridgehead atoms. The summed E-state index contributed by atoms with van der Waals surface area (Å²) >= 11 is 0. The van der Waals surface area contributed by atoms with E-state index in [1.165, 1.54) is 0 Å². The number of carbonyl (C=O) groups excluding carboxylic acids is 1. The minimum atomic E-state index is -1.02. The third-order valence-corrected chi connectivity index (χ3v) is 3.52. The van der Waals surface area contributed by atoms with E-state index in [1.54, 1.807) is 19.9 Å². The number of carboxylic acid groups (broad SMARTS) is 1. The predicted octanol–water partition coefficient (Wildman–Crippen LogP) is 2.94. The number of aryl methyl sites for hydroxylation is 1. The number of hydrogen-bond acceptors (Lipinski definition) is 3. The van der Waals surface area contributed by atoms with Crippen molar-refractivity contribution >= 4 is 11.9 Å². The SMILES string of the molecule is CC[C@H](C)[C@H](NC(=O)c1cc(C(C)C)oc1C)C(=O)O. The molecule has 0 aliphatic carbocycles.